The quantitative estimate of drug-likeness (QED) is 0.107. The summed E-state index contributed by atoms with van der Waals surface area (Å²) in [5.74, 6) is 0.881. The highest BCUT2D eigenvalue weighted by molar-refractivity contribution is 7.22. The number of pyridine rings is 2. The Morgan fingerprint density at radius 1 is 0.386 bits per heavy atom. The van der Waals surface area contributed by atoms with Crippen LogP contribution in [0.3, 0.4) is 0 Å². The molecular formula is C64H46N4Si2. The number of para-hydroxylation sites is 2. The first-order chi connectivity index (χ1) is 34.8. The SMILES string of the molecule is c1ccc(N2c3ccccc3[Si](c3ccccc3)(c3ccccc3)c3c2ccc2c4ccc([Si](c5ccccc5)(c5ccccc5)c5cccc(-c6ccccn6)c5)cc4n(-c4ccccn4)c32)cc1. The third kappa shape index (κ3) is 6.34. The van der Waals surface area contributed by atoms with Crippen molar-refractivity contribution in [2.24, 2.45) is 0 Å². The summed E-state index contributed by atoms with van der Waals surface area (Å²) in [6, 6.07) is 99.0. The fourth-order valence-corrected chi connectivity index (χ4v) is 21.8. The molecule has 12 aromatic rings. The van der Waals surface area contributed by atoms with Gasteiger partial charge < -0.3 is 4.90 Å². The Morgan fingerprint density at radius 3 is 1.59 bits per heavy atom. The summed E-state index contributed by atoms with van der Waals surface area (Å²) < 4.78 is 2.51. The topological polar surface area (TPSA) is 34.0 Å². The highest BCUT2D eigenvalue weighted by Crippen LogP contribution is 2.42. The van der Waals surface area contributed by atoms with E-state index in [9.17, 15) is 0 Å². The molecule has 4 nitrogen and oxygen atoms in total. The number of hydrogen-bond acceptors (Lipinski definition) is 3. The summed E-state index contributed by atoms with van der Waals surface area (Å²) in [6.45, 7) is 0. The van der Waals surface area contributed by atoms with E-state index in [1.807, 2.05) is 24.5 Å². The van der Waals surface area contributed by atoms with Crippen LogP contribution in [0, 0.1) is 0 Å². The van der Waals surface area contributed by atoms with E-state index < -0.39 is 16.1 Å². The van der Waals surface area contributed by atoms with Crippen molar-refractivity contribution in [1.29, 1.82) is 0 Å². The van der Waals surface area contributed by atoms with Crippen molar-refractivity contribution in [3.63, 3.8) is 0 Å². The zero-order valence-corrected chi connectivity index (χ0v) is 40.3. The lowest BCUT2D eigenvalue weighted by atomic mass is 10.1. The van der Waals surface area contributed by atoms with Gasteiger partial charge in [0, 0.05) is 51.0 Å². The van der Waals surface area contributed by atoms with Crippen LogP contribution in [0.25, 0.3) is 38.9 Å². The molecule has 0 aliphatic carbocycles. The number of hydrogen-bond donors (Lipinski definition) is 0. The van der Waals surface area contributed by atoms with Gasteiger partial charge in [0.15, 0.2) is 16.1 Å². The van der Waals surface area contributed by atoms with Crippen LogP contribution in [0.4, 0.5) is 17.1 Å². The molecule has 0 radical (unpaired) electrons. The van der Waals surface area contributed by atoms with Crippen molar-refractivity contribution in [3.05, 3.63) is 279 Å². The summed E-state index contributed by atoms with van der Waals surface area (Å²) in [5.41, 5.74) is 7.87. The first kappa shape index (κ1) is 41.5. The Labute approximate surface area is 410 Å². The van der Waals surface area contributed by atoms with E-state index in [1.54, 1.807) is 0 Å². The van der Waals surface area contributed by atoms with Crippen LogP contribution in [0.1, 0.15) is 0 Å². The van der Waals surface area contributed by atoms with Crippen molar-refractivity contribution in [1.82, 2.24) is 14.5 Å². The van der Waals surface area contributed by atoms with Crippen molar-refractivity contribution in [3.8, 4) is 17.1 Å². The Balaban J connectivity index is 1.21. The van der Waals surface area contributed by atoms with Crippen LogP contribution in [-0.2, 0) is 0 Å². The van der Waals surface area contributed by atoms with Gasteiger partial charge in [0.1, 0.15) is 5.82 Å². The van der Waals surface area contributed by atoms with Gasteiger partial charge in [-0.15, -0.1) is 0 Å². The molecule has 0 amide bonds. The lowest BCUT2D eigenvalue weighted by Gasteiger charge is -2.45. The molecule has 0 unspecified atom stereocenters. The molecule has 70 heavy (non-hydrogen) atoms. The van der Waals surface area contributed by atoms with Crippen LogP contribution >= 0.6 is 0 Å². The summed E-state index contributed by atoms with van der Waals surface area (Å²) in [6.07, 6.45) is 3.82. The van der Waals surface area contributed by atoms with Crippen LogP contribution in [-0.4, -0.2) is 30.7 Å². The van der Waals surface area contributed by atoms with Gasteiger partial charge in [-0.25, -0.2) is 4.98 Å². The highest BCUT2D eigenvalue weighted by Gasteiger charge is 2.51. The summed E-state index contributed by atoms with van der Waals surface area (Å²) >= 11 is 0. The molecule has 3 aromatic heterocycles. The molecule has 0 spiro atoms. The smallest absolute Gasteiger partial charge is 0.186 e. The van der Waals surface area contributed by atoms with Crippen molar-refractivity contribution < 1.29 is 0 Å². The Bertz CT molecular complexity index is 3740. The number of aromatic nitrogens is 3. The van der Waals surface area contributed by atoms with Gasteiger partial charge in [0.2, 0.25) is 0 Å². The first-order valence-corrected chi connectivity index (χ1v) is 28.0. The zero-order chi connectivity index (χ0) is 46.5. The lowest BCUT2D eigenvalue weighted by Crippen LogP contribution is -2.77. The van der Waals surface area contributed by atoms with E-state index in [2.05, 4.69) is 264 Å². The molecule has 4 heterocycles. The maximum absolute atomic E-state index is 5.27. The van der Waals surface area contributed by atoms with Crippen molar-refractivity contribution >= 4 is 96.5 Å². The molecule has 0 saturated carbocycles. The summed E-state index contributed by atoms with van der Waals surface area (Å²) in [4.78, 5) is 12.6. The van der Waals surface area contributed by atoms with E-state index in [4.69, 9.17) is 9.97 Å². The first-order valence-electron chi connectivity index (χ1n) is 24.0. The summed E-state index contributed by atoms with van der Waals surface area (Å²) in [7, 11) is -6.26. The largest absolute Gasteiger partial charge is 0.311 e. The second kappa shape index (κ2) is 17.1. The van der Waals surface area contributed by atoms with E-state index >= 15 is 0 Å². The van der Waals surface area contributed by atoms with E-state index in [0.717, 1.165) is 28.3 Å². The number of anilines is 3. The molecule has 6 heteroatoms. The third-order valence-corrected chi connectivity index (χ3v) is 24.1. The molecular weight excluding hydrogens is 881 g/mol. The van der Waals surface area contributed by atoms with Crippen LogP contribution in [0.5, 0.6) is 0 Å². The summed E-state index contributed by atoms with van der Waals surface area (Å²) in [5, 5.41) is 12.9. The minimum absolute atomic E-state index is 0.881. The normalized spacial score (nSPS) is 12.9. The Hall–Kier alpha value is -8.69. The molecule has 0 saturated heterocycles. The predicted molar refractivity (Wildman–Crippen MR) is 297 cm³/mol. The Kier molecular flexibility index (Phi) is 10.2. The molecule has 0 fully saturated rings. The standard InChI is InChI=1S/C64H46N4Si2/c1-6-24-48(25-7-1)67-58-36-16-17-37-61(58)70(51-30-12-4-13-31-51,52-32-14-5-15-33-52)64-59(67)42-41-56-55-40-39-54(46-60(55)68(63(56)64)62-38-19-21-44-66-62)69(49-26-8-2-9-27-49,50-28-10-3-11-29-50)53-34-22-23-47(45-53)57-35-18-20-43-65-57/h1-46H. The molecule has 330 valence electrons. The molecule has 0 atom stereocenters. The second-order valence-corrected chi connectivity index (χ2v) is 25.6. The monoisotopic (exact) mass is 926 g/mol. The fourth-order valence-electron chi connectivity index (χ4n) is 11.7. The number of rotatable bonds is 9. The molecule has 0 N–H and O–H groups in total. The van der Waals surface area contributed by atoms with Crippen molar-refractivity contribution in [2.45, 2.75) is 0 Å². The molecule has 13 rings (SSSR count). The third-order valence-electron chi connectivity index (χ3n) is 14.5. The lowest BCUT2D eigenvalue weighted by molar-refractivity contribution is 1.08. The predicted octanol–water partition coefficient (Wildman–Crippen LogP) is 9.78. The average Bonchev–Trinajstić information content (AvgIpc) is 3.78. The van der Waals surface area contributed by atoms with Gasteiger partial charge >= 0.3 is 0 Å². The van der Waals surface area contributed by atoms with E-state index in [1.165, 1.54) is 69.2 Å². The number of fused-ring (bicyclic) bond motifs is 6. The van der Waals surface area contributed by atoms with Gasteiger partial charge in [-0.05, 0) is 90.9 Å². The minimum atomic E-state index is -3.18. The molecule has 9 aromatic carbocycles. The molecule has 1 aliphatic rings. The van der Waals surface area contributed by atoms with Gasteiger partial charge in [0.25, 0.3) is 0 Å². The minimum Gasteiger partial charge on any atom is -0.311 e. The van der Waals surface area contributed by atoms with Gasteiger partial charge in [-0.1, -0.05) is 212 Å². The second-order valence-electron chi connectivity index (χ2n) is 18.1. The van der Waals surface area contributed by atoms with Gasteiger partial charge in [0.05, 0.1) is 16.7 Å². The Morgan fingerprint density at radius 2 is 0.943 bits per heavy atom. The van der Waals surface area contributed by atoms with Gasteiger partial charge in [-0.2, -0.15) is 0 Å². The van der Waals surface area contributed by atoms with Crippen LogP contribution in [0.2, 0.25) is 0 Å². The molecule has 0 bridgehead atoms. The van der Waals surface area contributed by atoms with E-state index in [-0.39, 0.29) is 0 Å². The number of nitrogens with zero attached hydrogens (tertiary/aromatic N) is 4. The molecule has 1 aliphatic heterocycles. The van der Waals surface area contributed by atoms with Crippen LogP contribution < -0.4 is 46.4 Å². The van der Waals surface area contributed by atoms with Gasteiger partial charge in [-0.3, -0.25) is 9.55 Å². The van der Waals surface area contributed by atoms with Crippen LogP contribution in [0.15, 0.2) is 279 Å². The highest BCUT2D eigenvalue weighted by atomic mass is 28.3. The fraction of sp³-hybridized carbons (Fsp3) is 0. The maximum Gasteiger partial charge on any atom is 0.186 e. The number of benzene rings is 9. The van der Waals surface area contributed by atoms with E-state index in [0.29, 0.717) is 0 Å². The maximum atomic E-state index is 5.27. The van der Waals surface area contributed by atoms with Crippen molar-refractivity contribution in [2.75, 3.05) is 4.90 Å². The zero-order valence-electron chi connectivity index (χ0n) is 38.3. The average molecular weight is 927 g/mol.